The van der Waals surface area contributed by atoms with Gasteiger partial charge in [-0.1, -0.05) is 25.1 Å². The van der Waals surface area contributed by atoms with Gasteiger partial charge in [-0.2, -0.15) is 0 Å². The molecule has 1 unspecified atom stereocenters. The SMILES string of the molecule is CCC(=O)N1CCC(NC(=NC)NCCNC(=O)c2ccccc2)C1.I. The summed E-state index contributed by atoms with van der Waals surface area (Å²) in [5.41, 5.74) is 0.650. The fourth-order valence-corrected chi connectivity index (χ4v) is 2.76. The van der Waals surface area contributed by atoms with Crippen molar-refractivity contribution in [2.75, 3.05) is 33.2 Å². The van der Waals surface area contributed by atoms with Gasteiger partial charge in [0.1, 0.15) is 0 Å². The summed E-state index contributed by atoms with van der Waals surface area (Å²) in [6.45, 7) is 4.45. The van der Waals surface area contributed by atoms with Crippen LogP contribution in [0.2, 0.25) is 0 Å². The molecule has 1 aromatic rings. The van der Waals surface area contributed by atoms with Gasteiger partial charge in [-0.05, 0) is 18.6 Å². The number of nitrogens with zero attached hydrogens (tertiary/aromatic N) is 2. The van der Waals surface area contributed by atoms with E-state index in [4.69, 9.17) is 0 Å². The van der Waals surface area contributed by atoms with Gasteiger partial charge >= 0.3 is 0 Å². The Bertz CT molecular complexity index is 609. The molecular formula is C18H28IN5O2. The molecule has 26 heavy (non-hydrogen) atoms. The minimum absolute atomic E-state index is 0. The van der Waals surface area contributed by atoms with Gasteiger partial charge in [-0.25, -0.2) is 0 Å². The minimum atomic E-state index is -0.0881. The van der Waals surface area contributed by atoms with Crippen molar-refractivity contribution >= 4 is 41.8 Å². The minimum Gasteiger partial charge on any atom is -0.355 e. The summed E-state index contributed by atoms with van der Waals surface area (Å²) in [5.74, 6) is 0.787. The van der Waals surface area contributed by atoms with E-state index < -0.39 is 0 Å². The first-order valence-corrected chi connectivity index (χ1v) is 8.72. The van der Waals surface area contributed by atoms with E-state index in [9.17, 15) is 9.59 Å². The first kappa shape index (κ1) is 22.2. The van der Waals surface area contributed by atoms with Gasteiger partial charge < -0.3 is 20.9 Å². The summed E-state index contributed by atoms with van der Waals surface area (Å²) in [4.78, 5) is 29.7. The molecule has 1 atom stereocenters. The average molecular weight is 473 g/mol. The monoisotopic (exact) mass is 473 g/mol. The van der Waals surface area contributed by atoms with Gasteiger partial charge in [0.2, 0.25) is 5.91 Å². The third-order valence-corrected chi connectivity index (χ3v) is 4.15. The Morgan fingerprint density at radius 1 is 1.19 bits per heavy atom. The van der Waals surface area contributed by atoms with Gasteiger partial charge in [-0.3, -0.25) is 14.6 Å². The summed E-state index contributed by atoms with van der Waals surface area (Å²) in [6.07, 6.45) is 1.46. The Balaban J connectivity index is 0.00000338. The quantitative estimate of drug-likeness (QED) is 0.251. The third kappa shape index (κ3) is 6.81. The number of carbonyl (C=O) groups excluding carboxylic acids is 2. The number of likely N-dealkylation sites (tertiary alicyclic amines) is 1. The Morgan fingerprint density at radius 2 is 1.88 bits per heavy atom. The molecule has 0 aliphatic carbocycles. The number of hydrogen-bond acceptors (Lipinski definition) is 3. The molecule has 3 N–H and O–H groups in total. The molecule has 1 fully saturated rings. The highest BCUT2D eigenvalue weighted by Crippen LogP contribution is 2.10. The first-order valence-electron chi connectivity index (χ1n) is 8.72. The fourth-order valence-electron chi connectivity index (χ4n) is 2.76. The lowest BCUT2D eigenvalue weighted by Gasteiger charge is -2.18. The van der Waals surface area contributed by atoms with Gasteiger partial charge in [0, 0.05) is 51.3 Å². The van der Waals surface area contributed by atoms with E-state index in [0.29, 0.717) is 37.6 Å². The van der Waals surface area contributed by atoms with Crippen LogP contribution in [-0.4, -0.2) is 61.9 Å². The van der Waals surface area contributed by atoms with Crippen LogP contribution in [0.25, 0.3) is 0 Å². The van der Waals surface area contributed by atoms with Gasteiger partial charge in [0.25, 0.3) is 5.91 Å². The van der Waals surface area contributed by atoms with E-state index >= 15 is 0 Å². The molecule has 1 aliphatic heterocycles. The van der Waals surface area contributed by atoms with Crippen molar-refractivity contribution in [3.63, 3.8) is 0 Å². The van der Waals surface area contributed by atoms with Crippen LogP contribution in [-0.2, 0) is 4.79 Å². The van der Waals surface area contributed by atoms with Crippen molar-refractivity contribution in [3.8, 4) is 0 Å². The molecule has 0 saturated carbocycles. The van der Waals surface area contributed by atoms with Crippen molar-refractivity contribution in [1.82, 2.24) is 20.9 Å². The Labute approximate surface area is 172 Å². The van der Waals surface area contributed by atoms with E-state index in [0.717, 1.165) is 13.0 Å². The summed E-state index contributed by atoms with van der Waals surface area (Å²) in [6, 6.07) is 9.34. The maximum absolute atomic E-state index is 11.9. The largest absolute Gasteiger partial charge is 0.355 e. The molecule has 2 amide bonds. The summed E-state index contributed by atoms with van der Waals surface area (Å²) in [7, 11) is 1.71. The number of rotatable bonds is 6. The molecule has 0 radical (unpaired) electrons. The molecule has 1 aliphatic rings. The molecule has 1 aromatic carbocycles. The van der Waals surface area contributed by atoms with E-state index in [1.165, 1.54) is 0 Å². The van der Waals surface area contributed by atoms with Crippen molar-refractivity contribution in [3.05, 3.63) is 35.9 Å². The van der Waals surface area contributed by atoms with Crippen molar-refractivity contribution in [2.24, 2.45) is 4.99 Å². The van der Waals surface area contributed by atoms with Crippen LogP contribution >= 0.6 is 24.0 Å². The van der Waals surface area contributed by atoms with Crippen LogP contribution < -0.4 is 16.0 Å². The standard InChI is InChI=1S/C18H27N5O2.HI/c1-3-16(24)23-12-9-15(13-23)22-18(19-2)21-11-10-20-17(25)14-7-5-4-6-8-14;/h4-8,15H,3,9-13H2,1-2H3,(H,20,25)(H2,19,21,22);1H. The molecule has 7 nitrogen and oxygen atoms in total. The van der Waals surface area contributed by atoms with Gasteiger partial charge in [-0.15, -0.1) is 24.0 Å². The zero-order valence-corrected chi connectivity index (χ0v) is 17.7. The Hall–Kier alpha value is -1.84. The lowest BCUT2D eigenvalue weighted by molar-refractivity contribution is -0.129. The molecule has 144 valence electrons. The maximum atomic E-state index is 11.9. The fraction of sp³-hybridized carbons (Fsp3) is 0.500. The highest BCUT2D eigenvalue weighted by molar-refractivity contribution is 14.0. The second kappa shape index (κ2) is 11.7. The zero-order chi connectivity index (χ0) is 18.1. The van der Waals surface area contributed by atoms with Crippen LogP contribution in [0.15, 0.2) is 35.3 Å². The molecular weight excluding hydrogens is 445 g/mol. The normalized spacial score (nSPS) is 16.6. The predicted octanol–water partition coefficient (Wildman–Crippen LogP) is 1.21. The van der Waals surface area contributed by atoms with Crippen LogP contribution in [0, 0.1) is 0 Å². The highest BCUT2D eigenvalue weighted by atomic mass is 127. The van der Waals surface area contributed by atoms with E-state index in [1.54, 1.807) is 19.2 Å². The number of carbonyl (C=O) groups is 2. The molecule has 0 spiro atoms. The van der Waals surface area contributed by atoms with Crippen LogP contribution in [0.3, 0.4) is 0 Å². The molecule has 1 heterocycles. The van der Waals surface area contributed by atoms with Crippen LogP contribution in [0.4, 0.5) is 0 Å². The first-order chi connectivity index (χ1) is 12.1. The molecule has 1 saturated heterocycles. The van der Waals surface area contributed by atoms with Crippen molar-refractivity contribution in [2.45, 2.75) is 25.8 Å². The molecule has 2 rings (SSSR count). The summed E-state index contributed by atoms with van der Waals surface area (Å²) >= 11 is 0. The molecule has 0 aromatic heterocycles. The number of aliphatic imine (C=N–C) groups is 1. The lowest BCUT2D eigenvalue weighted by Crippen LogP contribution is -2.46. The number of amides is 2. The predicted molar refractivity (Wildman–Crippen MR) is 114 cm³/mol. The molecule has 8 heteroatoms. The highest BCUT2D eigenvalue weighted by Gasteiger charge is 2.25. The smallest absolute Gasteiger partial charge is 0.251 e. The second-order valence-corrected chi connectivity index (χ2v) is 5.94. The number of benzene rings is 1. The Kier molecular flexibility index (Phi) is 10.0. The van der Waals surface area contributed by atoms with E-state index in [-0.39, 0.29) is 41.8 Å². The van der Waals surface area contributed by atoms with Crippen LogP contribution in [0.1, 0.15) is 30.1 Å². The van der Waals surface area contributed by atoms with Crippen LogP contribution in [0.5, 0.6) is 0 Å². The topological polar surface area (TPSA) is 85.8 Å². The lowest BCUT2D eigenvalue weighted by atomic mass is 10.2. The maximum Gasteiger partial charge on any atom is 0.251 e. The zero-order valence-electron chi connectivity index (χ0n) is 15.3. The summed E-state index contributed by atoms with van der Waals surface area (Å²) in [5, 5.41) is 9.37. The number of hydrogen-bond donors (Lipinski definition) is 3. The number of nitrogens with one attached hydrogen (secondary N) is 3. The van der Waals surface area contributed by atoms with E-state index in [2.05, 4.69) is 20.9 Å². The van der Waals surface area contributed by atoms with Gasteiger partial charge in [0.05, 0.1) is 0 Å². The molecule has 0 bridgehead atoms. The number of guanidine groups is 1. The third-order valence-electron chi connectivity index (χ3n) is 4.15. The number of halogens is 1. The summed E-state index contributed by atoms with van der Waals surface area (Å²) < 4.78 is 0. The van der Waals surface area contributed by atoms with Gasteiger partial charge in [0.15, 0.2) is 5.96 Å². The van der Waals surface area contributed by atoms with Crippen molar-refractivity contribution < 1.29 is 9.59 Å². The average Bonchev–Trinajstić information content (AvgIpc) is 3.12. The second-order valence-electron chi connectivity index (χ2n) is 5.94. The Morgan fingerprint density at radius 3 is 2.54 bits per heavy atom. The van der Waals surface area contributed by atoms with Crippen molar-refractivity contribution in [1.29, 1.82) is 0 Å². The van der Waals surface area contributed by atoms with E-state index in [1.807, 2.05) is 30.0 Å².